The topological polar surface area (TPSA) is 74.8 Å². The molecule has 1 heterocycles. The lowest BCUT2D eigenvalue weighted by Crippen LogP contribution is -2.15. The summed E-state index contributed by atoms with van der Waals surface area (Å²) in [6, 6.07) is 18.3. The van der Waals surface area contributed by atoms with Gasteiger partial charge in [-0.05, 0) is 54.6 Å². The Morgan fingerprint density at radius 2 is 1.86 bits per heavy atom. The zero-order valence-electron chi connectivity index (χ0n) is 15.6. The fourth-order valence-corrected chi connectivity index (χ4v) is 3.99. The maximum absolute atomic E-state index is 13.1. The number of imidazole rings is 1. The Hall–Kier alpha value is -3.32. The van der Waals surface area contributed by atoms with Crippen LogP contribution in [0.1, 0.15) is 17.3 Å². The van der Waals surface area contributed by atoms with E-state index in [-0.39, 0.29) is 11.7 Å². The van der Waals surface area contributed by atoms with Crippen LogP contribution in [0.4, 0.5) is 10.1 Å². The summed E-state index contributed by atoms with van der Waals surface area (Å²) in [5.74, 6) is 0.433. The molecular weight excluding hydrogens is 389 g/mol. The van der Waals surface area contributed by atoms with Crippen molar-refractivity contribution in [3.8, 4) is 11.4 Å². The number of carbonyl (C=O) groups is 1. The maximum atomic E-state index is 13.1. The molecule has 0 saturated heterocycles. The van der Waals surface area contributed by atoms with Crippen LogP contribution in [0.3, 0.4) is 0 Å². The third-order valence-corrected chi connectivity index (χ3v) is 5.87. The van der Waals surface area contributed by atoms with E-state index in [0.29, 0.717) is 27.7 Å². The van der Waals surface area contributed by atoms with Gasteiger partial charge in [0.25, 0.3) is 5.91 Å². The predicted octanol–water partition coefficient (Wildman–Crippen LogP) is 4.75. The number of nitrogens with one attached hydrogen (secondary N) is 2. The minimum absolute atomic E-state index is 0.306. The van der Waals surface area contributed by atoms with Crippen molar-refractivity contribution >= 4 is 33.4 Å². The number of halogens is 1. The Kier molecular flexibility index (Phi) is 5.22. The van der Waals surface area contributed by atoms with Gasteiger partial charge in [0.2, 0.25) is 0 Å². The molecule has 5 nitrogen and oxygen atoms in total. The van der Waals surface area contributed by atoms with E-state index in [1.165, 1.54) is 12.1 Å². The van der Waals surface area contributed by atoms with E-state index in [4.69, 9.17) is 0 Å². The summed E-state index contributed by atoms with van der Waals surface area (Å²) in [5.41, 5.74) is 3.23. The molecule has 0 aliphatic carbocycles. The van der Waals surface area contributed by atoms with Crippen molar-refractivity contribution in [2.24, 2.45) is 0 Å². The van der Waals surface area contributed by atoms with E-state index in [1.54, 1.807) is 54.6 Å². The van der Waals surface area contributed by atoms with E-state index in [9.17, 15) is 13.4 Å². The third kappa shape index (κ3) is 3.95. The minimum Gasteiger partial charge on any atom is -0.338 e. The summed E-state index contributed by atoms with van der Waals surface area (Å²) in [6.45, 7) is 1.82. The van der Waals surface area contributed by atoms with Gasteiger partial charge in [-0.25, -0.2) is 9.37 Å². The Labute approximate surface area is 169 Å². The number of nitrogens with zero attached hydrogens (tertiary/aromatic N) is 1. The molecule has 0 radical (unpaired) electrons. The number of amides is 1. The Balaban J connectivity index is 1.61. The van der Waals surface area contributed by atoms with Gasteiger partial charge in [-0.2, -0.15) is 0 Å². The molecule has 4 aromatic rings. The summed E-state index contributed by atoms with van der Waals surface area (Å²) in [7, 11) is -1.23. The van der Waals surface area contributed by atoms with Crippen LogP contribution < -0.4 is 5.32 Å². The van der Waals surface area contributed by atoms with Gasteiger partial charge in [0.05, 0.1) is 32.3 Å². The molecule has 7 heteroatoms. The zero-order chi connectivity index (χ0) is 20.4. The molecule has 4 rings (SSSR count). The lowest BCUT2D eigenvalue weighted by atomic mass is 10.2. The van der Waals surface area contributed by atoms with Gasteiger partial charge in [-0.3, -0.25) is 9.00 Å². The van der Waals surface area contributed by atoms with Crippen molar-refractivity contribution < 1.29 is 13.4 Å². The molecule has 1 amide bonds. The number of aromatic nitrogens is 2. The van der Waals surface area contributed by atoms with Gasteiger partial charge in [0.1, 0.15) is 11.6 Å². The molecule has 2 N–H and O–H groups in total. The smallest absolute Gasteiger partial charge is 0.256 e. The fraction of sp³-hybridized carbons (Fsp3) is 0.0909. The van der Waals surface area contributed by atoms with Crippen molar-refractivity contribution in [3.05, 3.63) is 78.1 Å². The monoisotopic (exact) mass is 407 g/mol. The summed E-state index contributed by atoms with van der Waals surface area (Å²) in [6.07, 6.45) is 0. The van der Waals surface area contributed by atoms with Crippen LogP contribution >= 0.6 is 0 Å². The molecule has 3 aromatic carbocycles. The van der Waals surface area contributed by atoms with Crippen molar-refractivity contribution in [2.75, 3.05) is 11.1 Å². The molecule has 0 aliphatic heterocycles. The lowest BCUT2D eigenvalue weighted by Gasteiger charge is -2.09. The van der Waals surface area contributed by atoms with Gasteiger partial charge in [-0.1, -0.05) is 19.1 Å². The van der Waals surface area contributed by atoms with E-state index in [1.807, 2.05) is 6.92 Å². The second kappa shape index (κ2) is 7.97. The number of hydrogen-bond acceptors (Lipinski definition) is 3. The quantitative estimate of drug-likeness (QED) is 0.501. The molecule has 1 atom stereocenters. The SMILES string of the molecule is CCS(=O)c1ccccc1C(=O)Nc1ccc2nc(-c3ccc(F)cc3)[nH]c2c1. The first-order chi connectivity index (χ1) is 14.0. The first-order valence-electron chi connectivity index (χ1n) is 9.09. The highest BCUT2D eigenvalue weighted by molar-refractivity contribution is 7.85. The second-order valence-electron chi connectivity index (χ2n) is 6.41. The first kappa shape index (κ1) is 19.0. The first-order valence-corrected chi connectivity index (χ1v) is 10.4. The molecule has 1 aromatic heterocycles. The average Bonchev–Trinajstić information content (AvgIpc) is 3.17. The van der Waals surface area contributed by atoms with Crippen LogP contribution in [-0.2, 0) is 10.8 Å². The predicted molar refractivity (Wildman–Crippen MR) is 113 cm³/mol. The van der Waals surface area contributed by atoms with Crippen molar-refractivity contribution in [1.29, 1.82) is 0 Å². The number of fused-ring (bicyclic) bond motifs is 1. The van der Waals surface area contributed by atoms with Crippen LogP contribution in [0.2, 0.25) is 0 Å². The summed E-state index contributed by atoms with van der Waals surface area (Å²) in [4.78, 5) is 21.0. The molecular formula is C22H18FN3O2S. The van der Waals surface area contributed by atoms with Crippen LogP contribution in [0.5, 0.6) is 0 Å². The van der Waals surface area contributed by atoms with E-state index >= 15 is 0 Å². The summed E-state index contributed by atoms with van der Waals surface area (Å²) in [5, 5.41) is 2.86. The largest absolute Gasteiger partial charge is 0.338 e. The highest BCUT2D eigenvalue weighted by Gasteiger charge is 2.15. The normalized spacial score (nSPS) is 12.1. The van der Waals surface area contributed by atoms with E-state index in [2.05, 4.69) is 15.3 Å². The van der Waals surface area contributed by atoms with Gasteiger partial charge in [0, 0.05) is 17.0 Å². The minimum atomic E-state index is -1.23. The molecule has 0 saturated carbocycles. The van der Waals surface area contributed by atoms with Crippen LogP contribution in [0.25, 0.3) is 22.4 Å². The number of H-pyrrole nitrogens is 1. The van der Waals surface area contributed by atoms with Gasteiger partial charge >= 0.3 is 0 Å². The van der Waals surface area contributed by atoms with Crippen LogP contribution in [0.15, 0.2) is 71.6 Å². The number of benzene rings is 3. The lowest BCUT2D eigenvalue weighted by molar-refractivity contribution is 0.102. The highest BCUT2D eigenvalue weighted by Crippen LogP contribution is 2.24. The van der Waals surface area contributed by atoms with Crippen molar-refractivity contribution in [1.82, 2.24) is 9.97 Å². The molecule has 0 aliphatic rings. The van der Waals surface area contributed by atoms with E-state index < -0.39 is 10.8 Å². The maximum Gasteiger partial charge on any atom is 0.256 e. The number of hydrogen-bond donors (Lipinski definition) is 2. The molecule has 0 bridgehead atoms. The van der Waals surface area contributed by atoms with Crippen LogP contribution in [-0.4, -0.2) is 25.8 Å². The Morgan fingerprint density at radius 3 is 2.62 bits per heavy atom. The zero-order valence-corrected chi connectivity index (χ0v) is 16.4. The molecule has 1 unspecified atom stereocenters. The molecule has 146 valence electrons. The Bertz CT molecular complexity index is 1220. The van der Waals surface area contributed by atoms with Gasteiger partial charge < -0.3 is 10.3 Å². The fourth-order valence-electron chi connectivity index (χ4n) is 3.04. The number of carbonyl (C=O) groups excluding carboxylic acids is 1. The van der Waals surface area contributed by atoms with E-state index in [0.717, 1.165) is 16.6 Å². The average molecular weight is 407 g/mol. The molecule has 29 heavy (non-hydrogen) atoms. The highest BCUT2D eigenvalue weighted by atomic mass is 32.2. The molecule has 0 fully saturated rings. The van der Waals surface area contributed by atoms with Gasteiger partial charge in [-0.15, -0.1) is 0 Å². The standard InChI is InChI=1S/C22H18FN3O2S/c1-2-29(28)20-6-4-3-5-17(20)22(27)24-16-11-12-18-19(13-16)26-21(25-18)14-7-9-15(23)10-8-14/h3-13H,2H2,1H3,(H,24,27)(H,25,26). The summed E-state index contributed by atoms with van der Waals surface area (Å²) >= 11 is 0. The van der Waals surface area contributed by atoms with Crippen LogP contribution in [0, 0.1) is 5.82 Å². The number of aromatic amines is 1. The van der Waals surface area contributed by atoms with Gasteiger partial charge in [0.15, 0.2) is 0 Å². The Morgan fingerprint density at radius 1 is 1.10 bits per heavy atom. The third-order valence-electron chi connectivity index (χ3n) is 4.50. The number of anilines is 1. The van der Waals surface area contributed by atoms with Crippen molar-refractivity contribution in [3.63, 3.8) is 0 Å². The number of rotatable bonds is 5. The summed E-state index contributed by atoms with van der Waals surface area (Å²) < 4.78 is 25.4. The molecule has 0 spiro atoms. The second-order valence-corrected chi connectivity index (χ2v) is 8.12. The van der Waals surface area contributed by atoms with Crippen molar-refractivity contribution in [2.45, 2.75) is 11.8 Å².